The van der Waals surface area contributed by atoms with Crippen LogP contribution in [0.2, 0.25) is 0 Å². The van der Waals surface area contributed by atoms with Crippen LogP contribution in [0, 0.1) is 18.6 Å². The number of nitrogens with one attached hydrogen (secondary N) is 1. The summed E-state index contributed by atoms with van der Waals surface area (Å²) in [6.07, 6.45) is 3.99. The summed E-state index contributed by atoms with van der Waals surface area (Å²) in [6, 6.07) is 6.02. The van der Waals surface area contributed by atoms with E-state index in [2.05, 4.69) is 21.5 Å². The van der Waals surface area contributed by atoms with Crippen LogP contribution in [0.25, 0.3) is 11.3 Å². The van der Waals surface area contributed by atoms with E-state index in [1.165, 1.54) is 5.56 Å². The van der Waals surface area contributed by atoms with E-state index in [0.29, 0.717) is 22.9 Å². The van der Waals surface area contributed by atoms with Crippen molar-refractivity contribution in [3.05, 3.63) is 59.0 Å². The van der Waals surface area contributed by atoms with E-state index in [-0.39, 0.29) is 5.69 Å². The zero-order valence-corrected chi connectivity index (χ0v) is 16.3. The maximum Gasteiger partial charge on any atom is 0.276 e. The molecule has 0 atom stereocenters. The van der Waals surface area contributed by atoms with E-state index in [4.69, 9.17) is 4.74 Å². The molecule has 1 fully saturated rings. The van der Waals surface area contributed by atoms with Crippen LogP contribution in [-0.2, 0) is 7.05 Å². The predicted octanol–water partition coefficient (Wildman–Crippen LogP) is 4.21. The van der Waals surface area contributed by atoms with Gasteiger partial charge in [0, 0.05) is 18.2 Å². The first-order chi connectivity index (χ1) is 13.9. The van der Waals surface area contributed by atoms with E-state index in [0.717, 1.165) is 30.8 Å². The summed E-state index contributed by atoms with van der Waals surface area (Å²) in [5, 5.41) is 6.56. The van der Waals surface area contributed by atoms with Crippen LogP contribution in [0.1, 0.15) is 40.4 Å². The molecule has 0 bridgehead atoms. The van der Waals surface area contributed by atoms with Gasteiger partial charge in [-0.15, -0.1) is 0 Å². The van der Waals surface area contributed by atoms with Crippen molar-refractivity contribution in [2.24, 2.45) is 7.05 Å². The van der Waals surface area contributed by atoms with Crippen LogP contribution in [-0.4, -0.2) is 27.8 Å². The molecule has 8 heteroatoms. The summed E-state index contributed by atoms with van der Waals surface area (Å²) in [6.45, 7) is 1.75. The number of halogens is 2. The Balaban J connectivity index is 1.74. The number of nitrogens with zero attached hydrogens (tertiary/aromatic N) is 3. The van der Waals surface area contributed by atoms with Crippen LogP contribution in [0.3, 0.4) is 0 Å². The van der Waals surface area contributed by atoms with Gasteiger partial charge in [0.15, 0.2) is 17.3 Å². The van der Waals surface area contributed by atoms with Gasteiger partial charge in [0.05, 0.1) is 25.2 Å². The lowest BCUT2D eigenvalue weighted by molar-refractivity contribution is 0.102. The van der Waals surface area contributed by atoms with Gasteiger partial charge in [0.2, 0.25) is 0 Å². The largest absolute Gasteiger partial charge is 0.496 e. The van der Waals surface area contributed by atoms with Gasteiger partial charge in [0.1, 0.15) is 11.4 Å². The second-order valence-electron chi connectivity index (χ2n) is 7.11. The number of hydrogen-bond acceptors (Lipinski definition) is 4. The lowest BCUT2D eigenvalue weighted by atomic mass is 10.0. The molecule has 0 radical (unpaired) electrons. The number of carbonyl (C=O) groups is 1. The molecule has 150 valence electrons. The van der Waals surface area contributed by atoms with Crippen LogP contribution in [0.4, 0.5) is 14.5 Å². The summed E-state index contributed by atoms with van der Waals surface area (Å²) >= 11 is 0. The number of carbonyl (C=O) groups excluding carboxylic acids is 1. The first-order valence-electron chi connectivity index (χ1n) is 9.23. The van der Waals surface area contributed by atoms with E-state index in [1.807, 2.05) is 12.1 Å². The minimum Gasteiger partial charge on any atom is -0.496 e. The first kappa shape index (κ1) is 19.0. The third-order valence-corrected chi connectivity index (χ3v) is 5.12. The van der Waals surface area contributed by atoms with Crippen molar-refractivity contribution in [3.63, 3.8) is 0 Å². The highest BCUT2D eigenvalue weighted by molar-refractivity contribution is 6.05. The number of anilines is 1. The molecule has 1 aliphatic rings. The molecular formula is C21H20F2N4O2. The van der Waals surface area contributed by atoms with Crippen LogP contribution < -0.4 is 10.1 Å². The Morgan fingerprint density at radius 3 is 2.55 bits per heavy atom. The van der Waals surface area contributed by atoms with Gasteiger partial charge in [-0.25, -0.2) is 8.78 Å². The van der Waals surface area contributed by atoms with Crippen molar-refractivity contribution in [2.75, 3.05) is 12.4 Å². The lowest BCUT2D eigenvalue weighted by Crippen LogP contribution is -2.16. The standard InChI is InChI=1S/C21H20F2N4O2/c1-11-18(21(28)25-19-15(22)9-24-10-16(19)23)26-27(2)20(11)14-8-13(12-4-5-12)6-7-17(14)29-3/h6-10,12H,4-5H2,1-3H3,(H,24,25,28). The Morgan fingerprint density at radius 2 is 1.93 bits per heavy atom. The number of methoxy groups -OCH3 is 1. The number of aryl methyl sites for hydroxylation is 1. The highest BCUT2D eigenvalue weighted by Gasteiger charge is 2.27. The zero-order valence-electron chi connectivity index (χ0n) is 16.3. The number of benzene rings is 1. The number of hydrogen-bond donors (Lipinski definition) is 1. The zero-order chi connectivity index (χ0) is 20.7. The summed E-state index contributed by atoms with van der Waals surface area (Å²) in [5.41, 5.74) is 2.87. The van der Waals surface area contributed by atoms with E-state index >= 15 is 0 Å². The van der Waals surface area contributed by atoms with Crippen molar-refractivity contribution in [1.82, 2.24) is 14.8 Å². The van der Waals surface area contributed by atoms with Gasteiger partial charge >= 0.3 is 0 Å². The molecule has 4 rings (SSSR count). The Kier molecular flexibility index (Phi) is 4.77. The van der Waals surface area contributed by atoms with Gasteiger partial charge in [-0.3, -0.25) is 14.5 Å². The van der Waals surface area contributed by atoms with E-state index in [9.17, 15) is 13.6 Å². The molecule has 2 heterocycles. The number of aromatic nitrogens is 3. The van der Waals surface area contributed by atoms with Crippen molar-refractivity contribution in [1.29, 1.82) is 0 Å². The molecule has 0 unspecified atom stereocenters. The summed E-state index contributed by atoms with van der Waals surface area (Å²) < 4.78 is 34.8. The van der Waals surface area contributed by atoms with Gasteiger partial charge < -0.3 is 10.1 Å². The highest BCUT2D eigenvalue weighted by Crippen LogP contribution is 2.43. The normalized spacial score (nSPS) is 13.4. The van der Waals surface area contributed by atoms with Crippen LogP contribution in [0.15, 0.2) is 30.6 Å². The molecule has 1 saturated carbocycles. The van der Waals surface area contributed by atoms with Gasteiger partial charge in [-0.1, -0.05) is 6.07 Å². The van der Waals surface area contributed by atoms with Crippen molar-refractivity contribution >= 4 is 11.6 Å². The molecule has 3 aromatic rings. The van der Waals surface area contributed by atoms with Crippen LogP contribution >= 0.6 is 0 Å². The molecule has 2 aromatic heterocycles. The van der Waals surface area contributed by atoms with E-state index < -0.39 is 23.2 Å². The third kappa shape index (κ3) is 3.46. The second kappa shape index (κ2) is 7.27. The van der Waals surface area contributed by atoms with Crippen LogP contribution in [0.5, 0.6) is 5.75 Å². The summed E-state index contributed by atoms with van der Waals surface area (Å²) in [7, 11) is 3.31. The number of amides is 1. The minimum atomic E-state index is -0.953. The molecule has 1 aromatic carbocycles. The van der Waals surface area contributed by atoms with Gasteiger partial charge in [-0.05, 0) is 43.4 Å². The fourth-order valence-electron chi connectivity index (χ4n) is 3.51. The second-order valence-corrected chi connectivity index (χ2v) is 7.11. The number of rotatable bonds is 5. The average Bonchev–Trinajstić information content (AvgIpc) is 3.50. The summed E-state index contributed by atoms with van der Waals surface area (Å²) in [5.74, 6) is -1.39. The Hall–Kier alpha value is -3.29. The lowest BCUT2D eigenvalue weighted by Gasteiger charge is -2.12. The number of pyridine rings is 1. The smallest absolute Gasteiger partial charge is 0.276 e. The first-order valence-corrected chi connectivity index (χ1v) is 9.23. The Labute approximate surface area is 166 Å². The Morgan fingerprint density at radius 1 is 1.24 bits per heavy atom. The molecular weight excluding hydrogens is 378 g/mol. The maximum atomic E-state index is 13.8. The van der Waals surface area contributed by atoms with Gasteiger partial charge in [0.25, 0.3) is 5.91 Å². The molecule has 0 saturated heterocycles. The molecule has 1 aliphatic carbocycles. The monoisotopic (exact) mass is 398 g/mol. The maximum absolute atomic E-state index is 13.8. The number of ether oxygens (including phenoxy) is 1. The van der Waals surface area contributed by atoms with E-state index in [1.54, 1.807) is 25.8 Å². The SMILES string of the molecule is COc1ccc(C2CC2)cc1-c1c(C)c(C(=O)Nc2c(F)cncc2F)nn1C. The molecule has 0 spiro atoms. The van der Waals surface area contributed by atoms with Crippen molar-refractivity contribution in [2.45, 2.75) is 25.7 Å². The quantitative estimate of drug-likeness (QED) is 0.699. The molecule has 6 nitrogen and oxygen atoms in total. The molecule has 1 N–H and O–H groups in total. The molecule has 1 amide bonds. The van der Waals surface area contributed by atoms with Crippen molar-refractivity contribution in [3.8, 4) is 17.0 Å². The fourth-order valence-corrected chi connectivity index (χ4v) is 3.51. The van der Waals surface area contributed by atoms with Crippen molar-refractivity contribution < 1.29 is 18.3 Å². The fraction of sp³-hybridized carbons (Fsp3) is 0.286. The Bertz CT molecular complexity index is 1090. The third-order valence-electron chi connectivity index (χ3n) is 5.12. The topological polar surface area (TPSA) is 69.0 Å². The minimum absolute atomic E-state index is 0.0805. The molecule has 0 aliphatic heterocycles. The molecule has 29 heavy (non-hydrogen) atoms. The average molecular weight is 398 g/mol. The predicted molar refractivity (Wildman–Crippen MR) is 104 cm³/mol. The van der Waals surface area contributed by atoms with Gasteiger partial charge in [-0.2, -0.15) is 5.10 Å². The summed E-state index contributed by atoms with van der Waals surface area (Å²) in [4.78, 5) is 16.1. The highest BCUT2D eigenvalue weighted by atomic mass is 19.1.